The fourth-order valence-corrected chi connectivity index (χ4v) is 3.79. The zero-order valence-electron chi connectivity index (χ0n) is 14.9. The van der Waals surface area contributed by atoms with Gasteiger partial charge in [-0.2, -0.15) is 5.10 Å². The summed E-state index contributed by atoms with van der Waals surface area (Å²) in [6.45, 7) is 3.16. The molecule has 0 saturated carbocycles. The van der Waals surface area contributed by atoms with Gasteiger partial charge in [0, 0.05) is 37.6 Å². The molecular weight excluding hydrogens is 349 g/mol. The summed E-state index contributed by atoms with van der Waals surface area (Å²) < 4.78 is 20.4. The Morgan fingerprint density at radius 3 is 3.04 bits per heavy atom. The summed E-state index contributed by atoms with van der Waals surface area (Å²) >= 11 is 0. The monoisotopic (exact) mass is 369 g/mol. The molecule has 0 spiro atoms. The van der Waals surface area contributed by atoms with Crippen molar-refractivity contribution in [3.8, 4) is 11.4 Å². The van der Waals surface area contributed by atoms with Crippen LogP contribution in [-0.4, -0.2) is 64.0 Å². The zero-order valence-corrected chi connectivity index (χ0v) is 14.9. The number of nitrogens with one attached hydrogen (secondary N) is 2. The molecule has 2 aliphatic rings. The summed E-state index contributed by atoms with van der Waals surface area (Å²) in [5.41, 5.74) is 2.77. The maximum absolute atomic E-state index is 13.4. The van der Waals surface area contributed by atoms with Gasteiger partial charge in [0.25, 0.3) is 5.91 Å². The first-order valence-electron chi connectivity index (χ1n) is 9.05. The van der Waals surface area contributed by atoms with Crippen LogP contribution in [0.4, 0.5) is 4.39 Å². The number of carbonyl (C=O) groups is 1. The van der Waals surface area contributed by atoms with Crippen LogP contribution in [0.1, 0.15) is 10.5 Å². The van der Waals surface area contributed by atoms with E-state index in [1.165, 1.54) is 12.1 Å². The number of aryl methyl sites for hydroxylation is 1. The number of fused-ring (bicyclic) bond motifs is 2. The van der Waals surface area contributed by atoms with E-state index in [0.717, 1.165) is 42.0 Å². The molecule has 2 saturated heterocycles. The minimum atomic E-state index is -0.278. The summed E-state index contributed by atoms with van der Waals surface area (Å²) in [4.78, 5) is 18.0. The van der Waals surface area contributed by atoms with E-state index in [9.17, 15) is 9.18 Å². The quantitative estimate of drug-likeness (QED) is 0.715. The topological polar surface area (TPSA) is 75.2 Å². The van der Waals surface area contributed by atoms with Crippen LogP contribution in [0.15, 0.2) is 30.3 Å². The van der Waals surface area contributed by atoms with Gasteiger partial charge in [-0.3, -0.25) is 14.4 Å². The molecule has 3 aromatic rings. The molecule has 4 heterocycles. The molecule has 2 aliphatic heterocycles. The highest BCUT2D eigenvalue weighted by Gasteiger charge is 2.46. The van der Waals surface area contributed by atoms with Crippen LogP contribution in [0.5, 0.6) is 0 Å². The molecule has 2 atom stereocenters. The van der Waals surface area contributed by atoms with E-state index in [1.807, 2.05) is 6.07 Å². The van der Waals surface area contributed by atoms with Crippen molar-refractivity contribution in [1.29, 1.82) is 0 Å². The van der Waals surface area contributed by atoms with Gasteiger partial charge in [0.05, 0.1) is 30.1 Å². The molecule has 2 N–H and O–H groups in total. The Bertz CT molecular complexity index is 1030. The molecule has 2 fully saturated rings. The maximum atomic E-state index is 13.4. The lowest BCUT2D eigenvalue weighted by Crippen LogP contribution is -2.71. The first-order valence-corrected chi connectivity index (χ1v) is 9.05. The van der Waals surface area contributed by atoms with Crippen molar-refractivity contribution in [3.63, 3.8) is 0 Å². The highest BCUT2D eigenvalue weighted by molar-refractivity contribution is 5.94. The van der Waals surface area contributed by atoms with Gasteiger partial charge < -0.3 is 15.0 Å². The summed E-state index contributed by atoms with van der Waals surface area (Å²) in [6, 6.07) is 8.74. The zero-order chi connectivity index (χ0) is 18.5. The van der Waals surface area contributed by atoms with Crippen LogP contribution in [0.2, 0.25) is 0 Å². The van der Waals surface area contributed by atoms with E-state index in [4.69, 9.17) is 4.74 Å². The lowest BCUT2D eigenvalue weighted by Gasteiger charge is -2.54. The number of nitrogens with zero attached hydrogens (tertiary/aromatic N) is 3. The first-order chi connectivity index (χ1) is 13.1. The van der Waals surface area contributed by atoms with Crippen molar-refractivity contribution in [2.24, 2.45) is 7.05 Å². The minimum absolute atomic E-state index is 0.194. The third kappa shape index (κ3) is 2.81. The van der Waals surface area contributed by atoms with E-state index in [0.29, 0.717) is 24.4 Å². The van der Waals surface area contributed by atoms with Crippen molar-refractivity contribution < 1.29 is 13.9 Å². The van der Waals surface area contributed by atoms with Gasteiger partial charge in [-0.1, -0.05) is 0 Å². The summed E-state index contributed by atoms with van der Waals surface area (Å²) in [5, 5.41) is 8.03. The second-order valence-electron chi connectivity index (χ2n) is 7.14. The predicted molar refractivity (Wildman–Crippen MR) is 97.9 cm³/mol. The van der Waals surface area contributed by atoms with Crippen molar-refractivity contribution in [1.82, 2.24) is 25.0 Å². The highest BCUT2D eigenvalue weighted by Crippen LogP contribution is 2.29. The fraction of sp³-hybridized carbons (Fsp3) is 0.368. The van der Waals surface area contributed by atoms with Crippen molar-refractivity contribution >= 4 is 16.8 Å². The highest BCUT2D eigenvalue weighted by atomic mass is 19.1. The second kappa shape index (κ2) is 6.17. The number of H-pyrrole nitrogens is 1. The Morgan fingerprint density at radius 2 is 2.30 bits per heavy atom. The number of benzene rings is 1. The Balaban J connectivity index is 1.27. The van der Waals surface area contributed by atoms with E-state index >= 15 is 0 Å². The van der Waals surface area contributed by atoms with E-state index in [-0.39, 0.29) is 11.7 Å². The van der Waals surface area contributed by atoms with Crippen molar-refractivity contribution in [2.45, 2.75) is 12.1 Å². The number of morpholine rings is 1. The fourth-order valence-electron chi connectivity index (χ4n) is 3.79. The van der Waals surface area contributed by atoms with Crippen LogP contribution < -0.4 is 5.32 Å². The molecule has 1 aromatic carbocycles. The van der Waals surface area contributed by atoms with Crippen LogP contribution in [0, 0.1) is 5.82 Å². The molecule has 0 aliphatic carbocycles. The smallest absolute Gasteiger partial charge is 0.271 e. The third-order valence-electron chi connectivity index (χ3n) is 5.45. The average Bonchev–Trinajstić information content (AvgIpc) is 3.21. The number of ether oxygens (including phenoxy) is 1. The van der Waals surface area contributed by atoms with Crippen LogP contribution in [0.25, 0.3) is 22.3 Å². The molecule has 0 bridgehead atoms. The number of amides is 1. The lowest BCUT2D eigenvalue weighted by atomic mass is 9.95. The number of hydrogen-bond donors (Lipinski definition) is 2. The van der Waals surface area contributed by atoms with Crippen LogP contribution >= 0.6 is 0 Å². The number of halogens is 1. The Kier molecular flexibility index (Phi) is 3.76. The SMILES string of the molecule is Cn1nc(C(=O)NCCN2C[C@H]3OCC32)cc1-c1cc2cc(F)ccc2[nH]1. The first kappa shape index (κ1) is 16.5. The Hall–Kier alpha value is -2.71. The van der Waals surface area contributed by atoms with Crippen LogP contribution in [-0.2, 0) is 11.8 Å². The third-order valence-corrected chi connectivity index (χ3v) is 5.45. The van der Waals surface area contributed by atoms with Crippen LogP contribution in [0.3, 0.4) is 0 Å². The van der Waals surface area contributed by atoms with Gasteiger partial charge in [0.1, 0.15) is 5.82 Å². The Labute approximate surface area is 155 Å². The molecule has 2 aromatic heterocycles. The largest absolute Gasteiger partial charge is 0.373 e. The number of aromatic amines is 1. The summed E-state index contributed by atoms with van der Waals surface area (Å²) in [5.74, 6) is -0.471. The molecule has 1 amide bonds. The van der Waals surface area contributed by atoms with E-state index < -0.39 is 0 Å². The molecule has 5 rings (SSSR count). The van der Waals surface area contributed by atoms with Gasteiger partial charge in [0.2, 0.25) is 0 Å². The van der Waals surface area contributed by atoms with E-state index in [2.05, 4.69) is 20.3 Å². The number of rotatable bonds is 5. The lowest BCUT2D eigenvalue weighted by molar-refractivity contribution is -0.213. The van der Waals surface area contributed by atoms with E-state index in [1.54, 1.807) is 23.9 Å². The molecule has 1 unspecified atom stereocenters. The predicted octanol–water partition coefficient (Wildman–Crippen LogP) is 1.52. The normalized spacial score (nSPS) is 21.6. The molecule has 27 heavy (non-hydrogen) atoms. The van der Waals surface area contributed by atoms with Gasteiger partial charge in [-0.15, -0.1) is 0 Å². The number of hydrogen-bond acceptors (Lipinski definition) is 4. The molecular formula is C19H20FN5O2. The number of carbonyl (C=O) groups excluding carboxylic acids is 1. The molecule has 0 radical (unpaired) electrons. The number of aromatic nitrogens is 3. The average molecular weight is 369 g/mol. The van der Waals surface area contributed by atoms with Gasteiger partial charge in [-0.05, 0) is 30.3 Å². The summed E-state index contributed by atoms with van der Waals surface area (Å²) in [7, 11) is 1.79. The van der Waals surface area contributed by atoms with Gasteiger partial charge >= 0.3 is 0 Å². The standard InChI is InChI=1S/C19H20FN5O2/c1-24-16(14-7-11-6-12(20)2-3-13(11)22-14)8-15(23-24)19(26)21-4-5-25-9-18-17(25)10-27-18/h2-3,6-8,17-18,22H,4-5,9-10H2,1H3,(H,21,26)/t17?,18-/m1/s1. The van der Waals surface area contributed by atoms with Crippen molar-refractivity contribution in [3.05, 3.63) is 41.8 Å². The van der Waals surface area contributed by atoms with Crippen molar-refractivity contribution in [2.75, 3.05) is 26.2 Å². The molecule has 7 nitrogen and oxygen atoms in total. The molecule has 8 heteroatoms. The number of likely N-dealkylation sites (tertiary alicyclic amines) is 1. The van der Waals surface area contributed by atoms with Gasteiger partial charge in [0.15, 0.2) is 5.69 Å². The second-order valence-corrected chi connectivity index (χ2v) is 7.14. The summed E-state index contributed by atoms with van der Waals surface area (Å²) in [6.07, 6.45) is 0.406. The maximum Gasteiger partial charge on any atom is 0.271 e. The Morgan fingerprint density at radius 1 is 1.41 bits per heavy atom. The van der Waals surface area contributed by atoms with Gasteiger partial charge in [-0.25, -0.2) is 4.39 Å². The minimum Gasteiger partial charge on any atom is -0.373 e. The molecule has 140 valence electrons.